The van der Waals surface area contributed by atoms with Gasteiger partial charge in [0.25, 0.3) is 5.69 Å². The number of sulfone groups is 1. The predicted molar refractivity (Wildman–Crippen MR) is 91.1 cm³/mol. The molecule has 24 heavy (non-hydrogen) atoms. The molecule has 0 amide bonds. The number of non-ortho nitro benzene ring substituents is 1. The van der Waals surface area contributed by atoms with Crippen LogP contribution in [0.2, 0.25) is 0 Å². The van der Waals surface area contributed by atoms with Crippen molar-refractivity contribution in [1.82, 2.24) is 4.90 Å². The summed E-state index contributed by atoms with van der Waals surface area (Å²) < 4.78 is 24.1. The fourth-order valence-electron chi connectivity index (χ4n) is 3.00. The van der Waals surface area contributed by atoms with Gasteiger partial charge in [-0.2, -0.15) is 0 Å². The summed E-state index contributed by atoms with van der Waals surface area (Å²) in [6, 6.07) is 4.09. The van der Waals surface area contributed by atoms with Crippen molar-refractivity contribution in [2.45, 2.75) is 30.9 Å². The highest BCUT2D eigenvalue weighted by molar-refractivity contribution is 7.90. The molecule has 1 aliphatic rings. The van der Waals surface area contributed by atoms with Gasteiger partial charge in [-0.1, -0.05) is 0 Å². The molecule has 0 bridgehead atoms. The second-order valence-corrected chi connectivity index (χ2v) is 8.30. The van der Waals surface area contributed by atoms with Gasteiger partial charge in [0.1, 0.15) is 0 Å². The van der Waals surface area contributed by atoms with Crippen LogP contribution in [0.5, 0.6) is 0 Å². The van der Waals surface area contributed by atoms with E-state index in [2.05, 4.69) is 4.90 Å². The highest BCUT2D eigenvalue weighted by atomic mass is 32.2. The zero-order valence-corrected chi connectivity index (χ0v) is 14.9. The third-order valence-electron chi connectivity index (χ3n) is 4.16. The molecule has 2 unspecified atom stereocenters. The fourth-order valence-corrected chi connectivity index (χ4v) is 3.91. The Labute approximate surface area is 141 Å². The maximum Gasteiger partial charge on any atom is 0.270 e. The minimum Gasteiger partial charge on any atom is -0.392 e. The smallest absolute Gasteiger partial charge is 0.270 e. The predicted octanol–water partition coefficient (Wildman–Crippen LogP) is 0.890. The lowest BCUT2D eigenvalue weighted by molar-refractivity contribution is -0.385. The Bertz CT molecular complexity index is 720. The number of hydrogen-bond donors (Lipinski definition) is 1. The topological polar surface area (TPSA) is 104 Å². The number of nitro benzene ring substituents is 1. The van der Waals surface area contributed by atoms with Crippen molar-refractivity contribution >= 4 is 21.2 Å². The van der Waals surface area contributed by atoms with Crippen molar-refractivity contribution < 1.29 is 18.4 Å². The molecule has 2 rings (SSSR count). The molecule has 0 radical (unpaired) electrons. The van der Waals surface area contributed by atoms with E-state index < -0.39 is 20.9 Å². The van der Waals surface area contributed by atoms with Crippen molar-refractivity contribution in [2.75, 3.05) is 37.3 Å². The van der Waals surface area contributed by atoms with Crippen molar-refractivity contribution in [1.29, 1.82) is 0 Å². The number of nitrogens with zero attached hydrogens (tertiary/aromatic N) is 3. The monoisotopic (exact) mass is 357 g/mol. The molecule has 1 heterocycles. The third kappa shape index (κ3) is 4.22. The molecule has 0 spiro atoms. The average Bonchev–Trinajstić information content (AvgIpc) is 2.47. The maximum absolute atomic E-state index is 12.1. The molecule has 0 aromatic heterocycles. The van der Waals surface area contributed by atoms with Gasteiger partial charge in [-0.05, 0) is 19.9 Å². The van der Waals surface area contributed by atoms with Crippen LogP contribution in [0.25, 0.3) is 0 Å². The first-order valence-electron chi connectivity index (χ1n) is 7.75. The maximum atomic E-state index is 12.1. The molecule has 1 aliphatic heterocycles. The van der Waals surface area contributed by atoms with E-state index >= 15 is 0 Å². The SMILES string of the molecule is CC(O)CN1CCN(c2ccc([N+](=O)[O-])cc2S(C)(=O)=O)CC1C. The molecular weight excluding hydrogens is 334 g/mol. The largest absolute Gasteiger partial charge is 0.392 e. The van der Waals surface area contributed by atoms with Crippen LogP contribution in [-0.2, 0) is 9.84 Å². The summed E-state index contributed by atoms with van der Waals surface area (Å²) in [4.78, 5) is 14.4. The summed E-state index contributed by atoms with van der Waals surface area (Å²) in [5.41, 5.74) is 0.256. The molecule has 0 aliphatic carbocycles. The number of rotatable bonds is 5. The van der Waals surface area contributed by atoms with Crippen LogP contribution >= 0.6 is 0 Å². The first-order valence-corrected chi connectivity index (χ1v) is 9.64. The fraction of sp³-hybridized carbons (Fsp3) is 0.600. The van der Waals surface area contributed by atoms with Gasteiger partial charge in [0.15, 0.2) is 9.84 Å². The number of β-amino-alcohol motifs (C(OH)–C–C–N with tert-alkyl or cyclic N) is 1. The van der Waals surface area contributed by atoms with Gasteiger partial charge in [0, 0.05) is 50.6 Å². The Morgan fingerprint density at radius 1 is 1.42 bits per heavy atom. The lowest BCUT2D eigenvalue weighted by Gasteiger charge is -2.41. The molecule has 1 fully saturated rings. The van der Waals surface area contributed by atoms with Gasteiger partial charge in [-0.25, -0.2) is 8.42 Å². The normalized spacial score (nSPS) is 20.8. The van der Waals surface area contributed by atoms with Crippen molar-refractivity contribution in [3.8, 4) is 0 Å². The zero-order valence-electron chi connectivity index (χ0n) is 14.0. The number of aliphatic hydroxyl groups excluding tert-OH is 1. The van der Waals surface area contributed by atoms with E-state index in [4.69, 9.17) is 0 Å². The van der Waals surface area contributed by atoms with Crippen LogP contribution in [-0.4, -0.2) is 67.9 Å². The summed E-state index contributed by atoms with van der Waals surface area (Å²) in [6.45, 7) is 6.18. The molecule has 0 saturated carbocycles. The number of aliphatic hydroxyl groups is 1. The van der Waals surface area contributed by atoms with Crippen LogP contribution in [0.1, 0.15) is 13.8 Å². The van der Waals surface area contributed by atoms with E-state index in [0.29, 0.717) is 31.9 Å². The Morgan fingerprint density at radius 3 is 2.58 bits per heavy atom. The van der Waals surface area contributed by atoms with Crippen LogP contribution in [0, 0.1) is 10.1 Å². The number of hydrogen-bond acceptors (Lipinski definition) is 7. The van der Waals surface area contributed by atoms with Crippen molar-refractivity contribution in [2.24, 2.45) is 0 Å². The Balaban J connectivity index is 2.31. The minimum absolute atomic E-state index is 0.0205. The molecule has 1 aromatic carbocycles. The van der Waals surface area contributed by atoms with Gasteiger partial charge in [-0.3, -0.25) is 15.0 Å². The number of piperazine rings is 1. The van der Waals surface area contributed by atoms with Crippen molar-refractivity contribution in [3.05, 3.63) is 28.3 Å². The van der Waals surface area contributed by atoms with E-state index in [-0.39, 0.29) is 16.6 Å². The van der Waals surface area contributed by atoms with E-state index in [1.165, 1.54) is 12.1 Å². The second kappa shape index (κ2) is 7.04. The highest BCUT2D eigenvalue weighted by Crippen LogP contribution is 2.31. The summed E-state index contributed by atoms with van der Waals surface area (Å²) in [7, 11) is -3.59. The first kappa shape index (κ1) is 18.6. The van der Waals surface area contributed by atoms with Gasteiger partial charge in [0.2, 0.25) is 0 Å². The summed E-state index contributed by atoms with van der Waals surface area (Å²) in [5, 5.41) is 20.5. The van der Waals surface area contributed by atoms with E-state index in [1.807, 2.05) is 11.8 Å². The van der Waals surface area contributed by atoms with Crippen LogP contribution in [0.4, 0.5) is 11.4 Å². The lowest BCUT2D eigenvalue weighted by Crippen LogP contribution is -2.53. The quantitative estimate of drug-likeness (QED) is 0.616. The molecule has 2 atom stereocenters. The minimum atomic E-state index is -3.59. The molecule has 134 valence electrons. The van der Waals surface area contributed by atoms with E-state index in [1.54, 1.807) is 6.92 Å². The highest BCUT2D eigenvalue weighted by Gasteiger charge is 2.28. The molecule has 1 N–H and O–H groups in total. The molecule has 1 aromatic rings. The van der Waals surface area contributed by atoms with Gasteiger partial charge in [-0.15, -0.1) is 0 Å². The molecule has 1 saturated heterocycles. The first-order chi connectivity index (χ1) is 11.1. The zero-order chi connectivity index (χ0) is 18.1. The average molecular weight is 357 g/mol. The Morgan fingerprint density at radius 2 is 2.08 bits per heavy atom. The van der Waals surface area contributed by atoms with Crippen LogP contribution in [0.15, 0.2) is 23.1 Å². The van der Waals surface area contributed by atoms with E-state index in [9.17, 15) is 23.6 Å². The summed E-state index contributed by atoms with van der Waals surface area (Å²) in [6.07, 6.45) is 0.632. The Hall–Kier alpha value is -1.71. The molecular formula is C15H23N3O5S. The van der Waals surface area contributed by atoms with Crippen LogP contribution < -0.4 is 4.90 Å². The third-order valence-corrected chi connectivity index (χ3v) is 5.28. The van der Waals surface area contributed by atoms with Crippen molar-refractivity contribution in [3.63, 3.8) is 0 Å². The Kier molecular flexibility index (Phi) is 5.46. The molecule has 8 nitrogen and oxygen atoms in total. The van der Waals surface area contributed by atoms with Gasteiger partial charge >= 0.3 is 0 Å². The number of nitro groups is 1. The van der Waals surface area contributed by atoms with E-state index in [0.717, 1.165) is 12.3 Å². The molecule has 9 heteroatoms. The summed E-state index contributed by atoms with van der Waals surface area (Å²) >= 11 is 0. The lowest BCUT2D eigenvalue weighted by atomic mass is 10.1. The second-order valence-electron chi connectivity index (χ2n) is 6.32. The van der Waals surface area contributed by atoms with Gasteiger partial charge in [0.05, 0.1) is 21.6 Å². The number of benzene rings is 1. The summed E-state index contributed by atoms with van der Waals surface area (Å²) in [5.74, 6) is 0. The standard InChI is InChI=1S/C15H23N3O5S/c1-11-9-17(7-6-16(11)10-12(2)19)14-5-4-13(18(20)21)8-15(14)24(3,22)23/h4-5,8,11-12,19H,6-7,9-10H2,1-3H3. The van der Waals surface area contributed by atoms with Gasteiger partial charge < -0.3 is 10.0 Å². The van der Waals surface area contributed by atoms with Crippen LogP contribution in [0.3, 0.4) is 0 Å². The number of anilines is 1.